The van der Waals surface area contributed by atoms with Gasteiger partial charge in [-0.1, -0.05) is 5.21 Å². The molecule has 2 saturated heterocycles. The maximum absolute atomic E-state index is 12.5. The van der Waals surface area contributed by atoms with Crippen molar-refractivity contribution >= 4 is 29.3 Å². The van der Waals surface area contributed by atoms with Crippen molar-refractivity contribution in [3.05, 3.63) is 23.8 Å². The first-order chi connectivity index (χ1) is 9.31. The summed E-state index contributed by atoms with van der Waals surface area (Å²) in [4.78, 5) is 14.5. The molecule has 1 aromatic carbocycles. The third-order valence-corrected chi connectivity index (χ3v) is 4.25. The molecule has 1 aromatic heterocycles. The first-order valence-corrected chi connectivity index (χ1v) is 6.62. The lowest BCUT2D eigenvalue weighted by atomic mass is 10.0. The molecule has 20 heavy (non-hydrogen) atoms. The Kier molecular flexibility index (Phi) is 3.35. The third-order valence-electron chi connectivity index (χ3n) is 4.25. The average molecular weight is 294 g/mol. The lowest BCUT2D eigenvalue weighted by Crippen LogP contribution is -2.31. The van der Waals surface area contributed by atoms with E-state index < -0.39 is 0 Å². The number of fused-ring (bicyclic) bond motifs is 2. The Morgan fingerprint density at radius 2 is 2.00 bits per heavy atom. The Labute approximate surface area is 122 Å². The molecule has 0 saturated carbocycles. The predicted molar refractivity (Wildman–Crippen MR) is 76.9 cm³/mol. The molecule has 3 heterocycles. The monoisotopic (exact) mass is 293 g/mol. The highest BCUT2D eigenvalue weighted by Crippen LogP contribution is 2.27. The SMILES string of the molecule is Cl.O=C(c1ccc2[nH]nnc2c1)N1C[C@H]2CNC[C@H]2C1. The van der Waals surface area contributed by atoms with Crippen LogP contribution in [-0.4, -0.2) is 52.4 Å². The van der Waals surface area contributed by atoms with Gasteiger partial charge in [-0.3, -0.25) is 9.89 Å². The van der Waals surface area contributed by atoms with Crippen LogP contribution >= 0.6 is 12.4 Å². The van der Waals surface area contributed by atoms with Gasteiger partial charge in [0.1, 0.15) is 5.52 Å². The number of amides is 1. The molecule has 0 radical (unpaired) electrons. The molecular formula is C13H16ClN5O. The summed E-state index contributed by atoms with van der Waals surface area (Å²) in [6.07, 6.45) is 0. The third kappa shape index (κ3) is 2.05. The molecule has 2 fully saturated rings. The van der Waals surface area contributed by atoms with Crippen LogP contribution in [-0.2, 0) is 0 Å². The van der Waals surface area contributed by atoms with Crippen LogP contribution < -0.4 is 5.32 Å². The zero-order chi connectivity index (χ0) is 12.8. The molecule has 7 heteroatoms. The number of benzene rings is 1. The van der Waals surface area contributed by atoms with Crippen molar-refractivity contribution in [2.75, 3.05) is 26.2 Å². The largest absolute Gasteiger partial charge is 0.338 e. The standard InChI is InChI=1S/C13H15N5O.ClH/c19-13(18-6-9-4-14-5-10(9)7-18)8-1-2-11-12(3-8)16-17-15-11;/h1-3,9-10,14H,4-7H2,(H,15,16,17);1H/t9-,10+;. The van der Waals surface area contributed by atoms with E-state index in [4.69, 9.17) is 0 Å². The van der Waals surface area contributed by atoms with Gasteiger partial charge in [-0.25, -0.2) is 0 Å². The number of carbonyl (C=O) groups excluding carboxylic acids is 1. The highest BCUT2D eigenvalue weighted by atomic mass is 35.5. The zero-order valence-electron chi connectivity index (χ0n) is 10.9. The summed E-state index contributed by atoms with van der Waals surface area (Å²) in [5.74, 6) is 1.36. The minimum atomic E-state index is 0. The molecule has 2 aromatic rings. The number of carbonyl (C=O) groups is 1. The molecular weight excluding hydrogens is 278 g/mol. The number of hydrogen-bond acceptors (Lipinski definition) is 4. The van der Waals surface area contributed by atoms with Crippen molar-refractivity contribution in [2.24, 2.45) is 11.8 Å². The number of aromatic nitrogens is 3. The molecule has 6 nitrogen and oxygen atoms in total. The highest BCUT2D eigenvalue weighted by Gasteiger charge is 2.38. The van der Waals surface area contributed by atoms with Crippen LogP contribution in [0.25, 0.3) is 11.0 Å². The van der Waals surface area contributed by atoms with Crippen molar-refractivity contribution in [1.29, 1.82) is 0 Å². The summed E-state index contributed by atoms with van der Waals surface area (Å²) in [6.45, 7) is 3.81. The second-order valence-corrected chi connectivity index (χ2v) is 5.43. The molecule has 2 aliphatic rings. The van der Waals surface area contributed by atoms with Crippen molar-refractivity contribution in [2.45, 2.75) is 0 Å². The normalized spacial score (nSPS) is 24.7. The van der Waals surface area contributed by atoms with E-state index in [0.717, 1.165) is 37.2 Å². The molecule has 106 valence electrons. The van der Waals surface area contributed by atoms with Gasteiger partial charge in [-0.05, 0) is 30.0 Å². The second-order valence-electron chi connectivity index (χ2n) is 5.43. The molecule has 0 bridgehead atoms. The van der Waals surface area contributed by atoms with Crippen LogP contribution in [0.4, 0.5) is 0 Å². The van der Waals surface area contributed by atoms with E-state index in [1.807, 2.05) is 23.1 Å². The van der Waals surface area contributed by atoms with E-state index in [-0.39, 0.29) is 18.3 Å². The van der Waals surface area contributed by atoms with Crippen LogP contribution in [0, 0.1) is 11.8 Å². The first-order valence-electron chi connectivity index (χ1n) is 6.62. The van der Waals surface area contributed by atoms with E-state index in [1.54, 1.807) is 0 Å². The van der Waals surface area contributed by atoms with Crippen molar-refractivity contribution in [1.82, 2.24) is 25.6 Å². The summed E-state index contributed by atoms with van der Waals surface area (Å²) in [5.41, 5.74) is 2.31. The topological polar surface area (TPSA) is 73.9 Å². The molecule has 0 spiro atoms. The van der Waals surface area contributed by atoms with Crippen LogP contribution in [0.1, 0.15) is 10.4 Å². The molecule has 2 atom stereocenters. The maximum atomic E-state index is 12.5. The van der Waals surface area contributed by atoms with E-state index in [9.17, 15) is 4.79 Å². The molecule has 2 N–H and O–H groups in total. The van der Waals surface area contributed by atoms with Crippen LogP contribution in [0.3, 0.4) is 0 Å². The van der Waals surface area contributed by atoms with Gasteiger partial charge in [0.25, 0.3) is 5.91 Å². The van der Waals surface area contributed by atoms with Gasteiger partial charge in [0.15, 0.2) is 0 Å². The minimum absolute atomic E-state index is 0. The summed E-state index contributed by atoms with van der Waals surface area (Å²) >= 11 is 0. The fourth-order valence-electron chi connectivity index (χ4n) is 3.18. The predicted octanol–water partition coefficient (Wildman–Crippen LogP) is 0.671. The Balaban J connectivity index is 0.00000121. The van der Waals surface area contributed by atoms with Gasteiger partial charge in [0.2, 0.25) is 0 Å². The van der Waals surface area contributed by atoms with Gasteiger partial charge >= 0.3 is 0 Å². The number of H-pyrrole nitrogens is 1. The Bertz CT molecular complexity index is 630. The number of halogens is 1. The summed E-state index contributed by atoms with van der Waals surface area (Å²) in [7, 11) is 0. The fraction of sp³-hybridized carbons (Fsp3) is 0.462. The highest BCUT2D eigenvalue weighted by molar-refractivity contribution is 5.97. The second kappa shape index (κ2) is 5.03. The van der Waals surface area contributed by atoms with Gasteiger partial charge in [0.05, 0.1) is 5.52 Å². The minimum Gasteiger partial charge on any atom is -0.338 e. The van der Waals surface area contributed by atoms with E-state index in [2.05, 4.69) is 20.7 Å². The van der Waals surface area contributed by atoms with Gasteiger partial charge in [0, 0.05) is 31.7 Å². The van der Waals surface area contributed by atoms with Crippen LogP contribution in [0.5, 0.6) is 0 Å². The molecule has 4 rings (SSSR count). The van der Waals surface area contributed by atoms with Gasteiger partial charge in [-0.15, -0.1) is 17.5 Å². The van der Waals surface area contributed by atoms with Gasteiger partial charge < -0.3 is 10.2 Å². The maximum Gasteiger partial charge on any atom is 0.253 e. The number of nitrogens with one attached hydrogen (secondary N) is 2. The number of nitrogens with zero attached hydrogens (tertiary/aromatic N) is 3. The van der Waals surface area contributed by atoms with Crippen LogP contribution in [0.15, 0.2) is 18.2 Å². The lowest BCUT2D eigenvalue weighted by Gasteiger charge is -2.17. The average Bonchev–Trinajstić information content (AvgIpc) is 3.11. The fourth-order valence-corrected chi connectivity index (χ4v) is 3.18. The Morgan fingerprint density at radius 1 is 1.25 bits per heavy atom. The van der Waals surface area contributed by atoms with E-state index in [1.165, 1.54) is 0 Å². The summed E-state index contributed by atoms with van der Waals surface area (Å²) < 4.78 is 0. The van der Waals surface area contributed by atoms with E-state index >= 15 is 0 Å². The summed E-state index contributed by atoms with van der Waals surface area (Å²) in [6, 6.07) is 5.52. The quantitative estimate of drug-likeness (QED) is 0.810. The number of likely N-dealkylation sites (tertiary alicyclic amines) is 1. The molecule has 0 unspecified atom stereocenters. The smallest absolute Gasteiger partial charge is 0.253 e. The first kappa shape index (κ1) is 13.3. The number of hydrogen-bond donors (Lipinski definition) is 2. The van der Waals surface area contributed by atoms with Crippen molar-refractivity contribution in [3.8, 4) is 0 Å². The van der Waals surface area contributed by atoms with E-state index in [0.29, 0.717) is 17.4 Å². The lowest BCUT2D eigenvalue weighted by molar-refractivity contribution is 0.0782. The zero-order valence-corrected chi connectivity index (χ0v) is 11.7. The number of aromatic amines is 1. The van der Waals surface area contributed by atoms with Gasteiger partial charge in [-0.2, -0.15) is 0 Å². The Morgan fingerprint density at radius 3 is 2.75 bits per heavy atom. The van der Waals surface area contributed by atoms with Crippen molar-refractivity contribution in [3.63, 3.8) is 0 Å². The van der Waals surface area contributed by atoms with Crippen molar-refractivity contribution < 1.29 is 4.79 Å². The molecule has 1 amide bonds. The summed E-state index contributed by atoms with van der Waals surface area (Å²) in [5, 5.41) is 13.9. The molecule has 2 aliphatic heterocycles. The van der Waals surface area contributed by atoms with Crippen LogP contribution in [0.2, 0.25) is 0 Å². The Hall–Kier alpha value is -1.66. The number of rotatable bonds is 1. The molecule has 0 aliphatic carbocycles.